The first kappa shape index (κ1) is 12.3. The van der Waals surface area contributed by atoms with Crippen LogP contribution in [-0.2, 0) is 4.79 Å². The summed E-state index contributed by atoms with van der Waals surface area (Å²) >= 11 is 0. The van der Waals surface area contributed by atoms with E-state index in [1.807, 2.05) is 18.2 Å². The zero-order valence-electron chi connectivity index (χ0n) is 8.29. The molecule has 0 bridgehead atoms. The summed E-state index contributed by atoms with van der Waals surface area (Å²) < 4.78 is 0. The third-order valence-electron chi connectivity index (χ3n) is 2.06. The predicted octanol–water partition coefficient (Wildman–Crippen LogP) is 2.34. The maximum absolute atomic E-state index is 10.7. The van der Waals surface area contributed by atoms with Gasteiger partial charge in [-0.2, -0.15) is 0 Å². The highest BCUT2D eigenvalue weighted by Crippen LogP contribution is 2.29. The number of hydrogen-bond acceptors (Lipinski definition) is 3. The summed E-state index contributed by atoms with van der Waals surface area (Å²) in [5, 5.41) is 12.4. The van der Waals surface area contributed by atoms with Crippen molar-refractivity contribution in [1.82, 2.24) is 0 Å². The molecule has 16 heavy (non-hydrogen) atoms. The van der Waals surface area contributed by atoms with Crippen molar-refractivity contribution in [2.24, 2.45) is 5.16 Å². The van der Waals surface area contributed by atoms with Crippen LogP contribution < -0.4 is 4.84 Å². The van der Waals surface area contributed by atoms with Gasteiger partial charge in [0.1, 0.15) is 0 Å². The Morgan fingerprint density at radius 1 is 1.38 bits per heavy atom. The van der Waals surface area contributed by atoms with Crippen LogP contribution in [0.5, 0.6) is 5.75 Å². The van der Waals surface area contributed by atoms with Gasteiger partial charge in [0.15, 0.2) is 5.75 Å². The molecule has 2 rings (SSSR count). The number of hydrogen-bond donors (Lipinski definition) is 1. The predicted molar refractivity (Wildman–Crippen MR) is 63.0 cm³/mol. The Balaban J connectivity index is 0.00000128. The third kappa shape index (κ3) is 2.61. The Kier molecular flexibility index (Phi) is 4.08. The number of allylic oxidation sites excluding steroid dienone is 1. The number of nitrogens with zero attached hydrogens (tertiary/aromatic N) is 1. The minimum absolute atomic E-state index is 0. The van der Waals surface area contributed by atoms with Crippen LogP contribution >= 0.6 is 12.4 Å². The Hall–Kier alpha value is -1.81. The monoisotopic (exact) mass is 239 g/mol. The van der Waals surface area contributed by atoms with Crippen LogP contribution in [0.2, 0.25) is 0 Å². The zero-order chi connectivity index (χ0) is 10.7. The first-order valence-electron chi connectivity index (χ1n) is 4.48. The van der Waals surface area contributed by atoms with E-state index in [0.717, 1.165) is 5.56 Å². The van der Waals surface area contributed by atoms with E-state index in [4.69, 9.17) is 9.94 Å². The summed E-state index contributed by atoms with van der Waals surface area (Å²) in [5.41, 5.74) is 1.47. The number of benzene rings is 1. The van der Waals surface area contributed by atoms with Crippen molar-refractivity contribution in [3.63, 3.8) is 0 Å². The van der Waals surface area contributed by atoms with Crippen LogP contribution in [0.25, 0.3) is 5.57 Å². The van der Waals surface area contributed by atoms with E-state index in [-0.39, 0.29) is 18.8 Å². The van der Waals surface area contributed by atoms with Crippen molar-refractivity contribution >= 4 is 30.2 Å². The summed E-state index contributed by atoms with van der Waals surface area (Å²) in [4.78, 5) is 15.7. The van der Waals surface area contributed by atoms with E-state index in [2.05, 4.69) is 5.16 Å². The van der Waals surface area contributed by atoms with Crippen molar-refractivity contribution in [1.29, 1.82) is 0 Å². The lowest BCUT2D eigenvalue weighted by atomic mass is 10.0. The molecular weight excluding hydrogens is 230 g/mol. The van der Waals surface area contributed by atoms with Crippen LogP contribution in [0.1, 0.15) is 12.0 Å². The highest BCUT2D eigenvalue weighted by Gasteiger charge is 2.13. The van der Waals surface area contributed by atoms with Gasteiger partial charge >= 0.3 is 5.97 Å². The smallest absolute Gasteiger partial charge is 0.307 e. The number of fused-ring (bicyclic) bond motifs is 1. The van der Waals surface area contributed by atoms with Crippen molar-refractivity contribution in [3.8, 4) is 5.75 Å². The Bertz CT molecular complexity index is 454. The number of carboxylic acid groups (broad SMARTS) is 1. The molecule has 0 fully saturated rings. The number of oxime groups is 1. The fraction of sp³-hybridized carbons (Fsp3) is 0.0909. The second kappa shape index (κ2) is 5.32. The number of para-hydroxylation sites is 1. The van der Waals surface area contributed by atoms with Gasteiger partial charge in [-0.25, -0.2) is 0 Å². The highest BCUT2D eigenvalue weighted by molar-refractivity contribution is 5.93. The fourth-order valence-electron chi connectivity index (χ4n) is 1.43. The molecule has 0 unspecified atom stereocenters. The van der Waals surface area contributed by atoms with Crippen LogP contribution in [0.4, 0.5) is 0 Å². The summed E-state index contributed by atoms with van der Waals surface area (Å²) in [6.07, 6.45) is 3.07. The van der Waals surface area contributed by atoms with Crippen LogP contribution in [-0.4, -0.2) is 17.3 Å². The van der Waals surface area contributed by atoms with E-state index in [1.165, 1.54) is 6.21 Å². The van der Waals surface area contributed by atoms with Crippen LogP contribution in [0.3, 0.4) is 0 Å². The van der Waals surface area contributed by atoms with Gasteiger partial charge in [0.05, 0.1) is 12.6 Å². The molecule has 1 N–H and O–H groups in total. The lowest BCUT2D eigenvalue weighted by Crippen LogP contribution is -1.97. The van der Waals surface area contributed by atoms with Gasteiger partial charge in [-0.1, -0.05) is 23.4 Å². The second-order valence-electron chi connectivity index (χ2n) is 3.10. The number of carboxylic acids is 1. The molecule has 0 saturated carbocycles. The van der Waals surface area contributed by atoms with E-state index >= 15 is 0 Å². The first-order chi connectivity index (χ1) is 7.27. The molecule has 0 amide bonds. The van der Waals surface area contributed by atoms with Crippen molar-refractivity contribution in [3.05, 3.63) is 35.9 Å². The normalized spacial score (nSPS) is 12.6. The molecule has 1 aliphatic rings. The van der Waals surface area contributed by atoms with E-state index in [9.17, 15) is 4.79 Å². The molecule has 0 radical (unpaired) electrons. The Labute approximate surface area is 98.6 Å². The number of carbonyl (C=O) groups is 1. The molecular formula is C11H10ClNO3. The molecule has 0 spiro atoms. The van der Waals surface area contributed by atoms with Gasteiger partial charge < -0.3 is 9.94 Å². The van der Waals surface area contributed by atoms with E-state index in [0.29, 0.717) is 11.3 Å². The quantitative estimate of drug-likeness (QED) is 0.862. The minimum atomic E-state index is -0.869. The highest BCUT2D eigenvalue weighted by atomic mass is 35.5. The second-order valence-corrected chi connectivity index (χ2v) is 3.10. The molecule has 0 aromatic heterocycles. The lowest BCUT2D eigenvalue weighted by molar-refractivity contribution is -0.135. The summed E-state index contributed by atoms with van der Waals surface area (Å²) in [6, 6.07) is 7.23. The molecule has 5 heteroatoms. The number of halogens is 1. The van der Waals surface area contributed by atoms with Crippen molar-refractivity contribution < 1.29 is 14.7 Å². The van der Waals surface area contributed by atoms with Crippen LogP contribution in [0.15, 0.2) is 35.5 Å². The van der Waals surface area contributed by atoms with Gasteiger partial charge in [0.25, 0.3) is 0 Å². The van der Waals surface area contributed by atoms with Crippen molar-refractivity contribution in [2.45, 2.75) is 6.42 Å². The molecule has 1 aromatic carbocycles. The summed E-state index contributed by atoms with van der Waals surface area (Å²) in [7, 11) is 0. The van der Waals surface area contributed by atoms with Gasteiger partial charge in [0.2, 0.25) is 0 Å². The van der Waals surface area contributed by atoms with Crippen molar-refractivity contribution in [2.75, 3.05) is 0 Å². The molecule has 84 valence electrons. The minimum Gasteiger partial charge on any atom is -0.481 e. The largest absolute Gasteiger partial charge is 0.481 e. The summed E-state index contributed by atoms with van der Waals surface area (Å²) in [6.45, 7) is 0. The van der Waals surface area contributed by atoms with Gasteiger partial charge in [-0.15, -0.1) is 12.4 Å². The van der Waals surface area contributed by atoms with E-state index < -0.39 is 5.97 Å². The topological polar surface area (TPSA) is 58.9 Å². The third-order valence-corrected chi connectivity index (χ3v) is 2.06. The first-order valence-corrected chi connectivity index (χ1v) is 4.48. The molecule has 1 aromatic rings. The SMILES string of the molecule is Cl.O=C(O)CC1=CC=NOc2ccccc21. The molecule has 0 saturated heterocycles. The van der Waals surface area contributed by atoms with Crippen LogP contribution in [0, 0.1) is 0 Å². The number of rotatable bonds is 2. The standard InChI is InChI=1S/C11H9NO3.ClH/c13-11(14)7-8-5-6-12-15-10-4-2-1-3-9(8)10;/h1-6H,7H2,(H,13,14);1H. The molecule has 0 atom stereocenters. The van der Waals surface area contributed by atoms with E-state index in [1.54, 1.807) is 12.1 Å². The molecule has 1 heterocycles. The molecule has 4 nitrogen and oxygen atoms in total. The Morgan fingerprint density at radius 3 is 2.88 bits per heavy atom. The lowest BCUT2D eigenvalue weighted by Gasteiger charge is -2.06. The Morgan fingerprint density at radius 2 is 2.12 bits per heavy atom. The summed E-state index contributed by atoms with van der Waals surface area (Å²) in [5.74, 6) is -0.287. The number of aliphatic carboxylic acids is 1. The average molecular weight is 240 g/mol. The molecule has 1 aliphatic heterocycles. The maximum atomic E-state index is 10.7. The van der Waals surface area contributed by atoms with Gasteiger partial charge in [-0.3, -0.25) is 4.79 Å². The maximum Gasteiger partial charge on any atom is 0.307 e. The fourth-order valence-corrected chi connectivity index (χ4v) is 1.43. The van der Waals surface area contributed by atoms with Gasteiger partial charge in [0, 0.05) is 5.56 Å². The average Bonchev–Trinajstić information content (AvgIpc) is 2.41. The molecule has 0 aliphatic carbocycles. The van der Waals surface area contributed by atoms with Gasteiger partial charge in [-0.05, 0) is 17.7 Å². The zero-order valence-corrected chi connectivity index (χ0v) is 9.11.